The molecule has 0 saturated carbocycles. The zero-order valence-corrected chi connectivity index (χ0v) is 17.8. The molecule has 0 aliphatic carbocycles. The Labute approximate surface area is 188 Å². The lowest BCUT2D eigenvalue weighted by atomic mass is 10.2. The number of ether oxygens (including phenoxy) is 2. The minimum atomic E-state index is -0.419. The molecule has 0 radical (unpaired) electrons. The van der Waals surface area contributed by atoms with E-state index in [0.717, 1.165) is 0 Å². The summed E-state index contributed by atoms with van der Waals surface area (Å²) in [6.07, 6.45) is 3.15. The van der Waals surface area contributed by atoms with Gasteiger partial charge in [0, 0.05) is 17.3 Å². The summed E-state index contributed by atoms with van der Waals surface area (Å²) >= 11 is 6.05. The second-order valence-corrected chi connectivity index (χ2v) is 7.26. The Morgan fingerprint density at radius 1 is 1.19 bits per heavy atom. The molecule has 32 heavy (non-hydrogen) atoms. The second-order valence-electron chi connectivity index (χ2n) is 6.85. The number of furan rings is 1. The molecule has 0 aliphatic rings. The van der Waals surface area contributed by atoms with E-state index in [-0.39, 0.29) is 12.4 Å². The molecule has 7 nitrogen and oxygen atoms in total. The molecule has 164 valence electrons. The summed E-state index contributed by atoms with van der Waals surface area (Å²) in [5.41, 5.74) is 1.19. The van der Waals surface area contributed by atoms with Crippen LogP contribution in [-0.2, 0) is 13.2 Å². The zero-order valence-electron chi connectivity index (χ0n) is 17.0. The Morgan fingerprint density at radius 2 is 2.03 bits per heavy atom. The summed E-state index contributed by atoms with van der Waals surface area (Å²) in [6.45, 7) is 0.498. The molecule has 4 rings (SSSR count). The van der Waals surface area contributed by atoms with Crippen LogP contribution < -0.4 is 14.8 Å². The van der Waals surface area contributed by atoms with Crippen LogP contribution in [-0.4, -0.2) is 22.8 Å². The molecule has 2 aromatic heterocycles. The minimum absolute atomic E-state index is 0.142. The first kappa shape index (κ1) is 21.5. The van der Waals surface area contributed by atoms with Crippen molar-refractivity contribution in [3.63, 3.8) is 0 Å². The molecule has 0 spiro atoms. The van der Waals surface area contributed by atoms with E-state index in [9.17, 15) is 9.18 Å². The maximum atomic E-state index is 13.2. The van der Waals surface area contributed by atoms with Crippen LogP contribution in [0.1, 0.15) is 21.9 Å². The number of hydrogen-bond donors (Lipinski definition) is 1. The molecule has 9 heteroatoms. The third kappa shape index (κ3) is 5.28. The Morgan fingerprint density at radius 3 is 2.84 bits per heavy atom. The minimum Gasteiger partial charge on any atom is -0.497 e. The van der Waals surface area contributed by atoms with Gasteiger partial charge in [0.05, 0.1) is 25.5 Å². The molecular weight excluding hydrogens is 437 g/mol. The number of nitrogens with one attached hydrogen (secondary N) is 1. The molecule has 0 fully saturated rings. The highest BCUT2D eigenvalue weighted by Gasteiger charge is 2.13. The lowest BCUT2D eigenvalue weighted by Gasteiger charge is -2.06. The normalized spacial score (nSPS) is 10.7. The molecule has 2 heterocycles. The SMILES string of the molecule is COc1cccc(OCc2ccc(C(=O)Nc3cnn(Cc4ccc(F)cc4Cl)c3)o2)c1. The van der Waals surface area contributed by atoms with Crippen molar-refractivity contribution in [1.82, 2.24) is 9.78 Å². The molecule has 2 aromatic carbocycles. The topological polar surface area (TPSA) is 78.5 Å². The summed E-state index contributed by atoms with van der Waals surface area (Å²) in [5, 5.41) is 7.23. The third-order valence-corrected chi connectivity index (χ3v) is 4.90. The first-order chi connectivity index (χ1) is 15.5. The molecule has 0 saturated heterocycles. The van der Waals surface area contributed by atoms with Crippen molar-refractivity contribution < 1.29 is 23.1 Å². The van der Waals surface area contributed by atoms with E-state index in [1.165, 1.54) is 18.3 Å². The Kier molecular flexibility index (Phi) is 6.42. The number of methoxy groups -OCH3 is 1. The van der Waals surface area contributed by atoms with E-state index < -0.39 is 11.7 Å². The van der Waals surface area contributed by atoms with Crippen LogP contribution in [0.2, 0.25) is 5.02 Å². The highest BCUT2D eigenvalue weighted by molar-refractivity contribution is 6.31. The van der Waals surface area contributed by atoms with Crippen molar-refractivity contribution in [2.75, 3.05) is 12.4 Å². The average Bonchev–Trinajstić information content (AvgIpc) is 3.44. The van der Waals surface area contributed by atoms with Gasteiger partial charge in [-0.15, -0.1) is 0 Å². The predicted octanol–water partition coefficient (Wildman–Crippen LogP) is 5.16. The number of nitrogens with zero attached hydrogens (tertiary/aromatic N) is 2. The fraction of sp³-hybridized carbons (Fsp3) is 0.130. The van der Waals surface area contributed by atoms with Crippen LogP contribution in [0, 0.1) is 5.82 Å². The number of carbonyl (C=O) groups excluding carboxylic acids is 1. The van der Waals surface area contributed by atoms with Gasteiger partial charge in [0.15, 0.2) is 5.76 Å². The molecule has 1 amide bonds. The lowest BCUT2D eigenvalue weighted by molar-refractivity contribution is 0.0992. The molecule has 4 aromatic rings. The van der Waals surface area contributed by atoms with E-state index in [0.29, 0.717) is 40.1 Å². The highest BCUT2D eigenvalue weighted by Crippen LogP contribution is 2.21. The van der Waals surface area contributed by atoms with Gasteiger partial charge >= 0.3 is 0 Å². The van der Waals surface area contributed by atoms with Crippen LogP contribution >= 0.6 is 11.6 Å². The maximum absolute atomic E-state index is 13.2. The second kappa shape index (κ2) is 9.57. The quantitative estimate of drug-likeness (QED) is 0.397. The van der Waals surface area contributed by atoms with Gasteiger partial charge in [-0.1, -0.05) is 23.7 Å². The number of carbonyl (C=O) groups is 1. The number of anilines is 1. The van der Waals surface area contributed by atoms with Crippen molar-refractivity contribution in [2.45, 2.75) is 13.2 Å². The molecule has 0 unspecified atom stereocenters. The fourth-order valence-electron chi connectivity index (χ4n) is 2.95. The van der Waals surface area contributed by atoms with Gasteiger partial charge in [-0.25, -0.2) is 4.39 Å². The van der Waals surface area contributed by atoms with Crippen LogP contribution in [0.4, 0.5) is 10.1 Å². The number of amides is 1. The van der Waals surface area contributed by atoms with Crippen LogP contribution in [0.25, 0.3) is 0 Å². The van der Waals surface area contributed by atoms with Crippen LogP contribution in [0.5, 0.6) is 11.5 Å². The van der Waals surface area contributed by atoms with Gasteiger partial charge in [0.2, 0.25) is 0 Å². The van der Waals surface area contributed by atoms with Crippen molar-refractivity contribution in [2.24, 2.45) is 0 Å². The Balaban J connectivity index is 1.34. The van der Waals surface area contributed by atoms with E-state index in [1.807, 2.05) is 12.1 Å². The Bertz CT molecular complexity index is 1240. The maximum Gasteiger partial charge on any atom is 0.291 e. The van der Waals surface area contributed by atoms with Crippen LogP contribution in [0.15, 0.2) is 71.4 Å². The zero-order chi connectivity index (χ0) is 22.5. The highest BCUT2D eigenvalue weighted by atomic mass is 35.5. The van der Waals surface area contributed by atoms with Gasteiger partial charge in [0.25, 0.3) is 5.91 Å². The van der Waals surface area contributed by atoms with Gasteiger partial charge in [-0.2, -0.15) is 5.10 Å². The molecule has 0 aliphatic heterocycles. The first-order valence-electron chi connectivity index (χ1n) is 9.63. The summed E-state index contributed by atoms with van der Waals surface area (Å²) in [7, 11) is 1.58. The number of hydrogen-bond acceptors (Lipinski definition) is 5. The molecule has 0 atom stereocenters. The number of halogens is 2. The smallest absolute Gasteiger partial charge is 0.291 e. The number of aromatic nitrogens is 2. The van der Waals surface area contributed by atoms with E-state index in [2.05, 4.69) is 10.4 Å². The summed E-state index contributed by atoms with van der Waals surface area (Å²) < 4.78 is 31.2. The molecule has 0 bridgehead atoms. The predicted molar refractivity (Wildman–Crippen MR) is 117 cm³/mol. The van der Waals surface area contributed by atoms with Crippen molar-refractivity contribution in [3.8, 4) is 11.5 Å². The largest absolute Gasteiger partial charge is 0.497 e. The number of rotatable bonds is 8. The van der Waals surface area contributed by atoms with E-state index in [4.69, 9.17) is 25.5 Å². The fourth-order valence-corrected chi connectivity index (χ4v) is 3.18. The van der Waals surface area contributed by atoms with Crippen molar-refractivity contribution in [3.05, 3.63) is 94.9 Å². The van der Waals surface area contributed by atoms with Gasteiger partial charge in [-0.05, 0) is 42.0 Å². The van der Waals surface area contributed by atoms with Gasteiger partial charge < -0.3 is 19.2 Å². The average molecular weight is 456 g/mol. The monoisotopic (exact) mass is 455 g/mol. The number of benzene rings is 2. The van der Waals surface area contributed by atoms with Crippen molar-refractivity contribution >= 4 is 23.2 Å². The van der Waals surface area contributed by atoms with Gasteiger partial charge in [-0.3, -0.25) is 9.48 Å². The summed E-state index contributed by atoms with van der Waals surface area (Å²) in [6, 6.07) is 14.6. The Hall–Kier alpha value is -3.78. The van der Waals surface area contributed by atoms with Crippen molar-refractivity contribution in [1.29, 1.82) is 0 Å². The summed E-state index contributed by atoms with van der Waals surface area (Å²) in [4.78, 5) is 12.5. The molecular formula is C23H19ClFN3O4. The summed E-state index contributed by atoms with van der Waals surface area (Å²) in [5.74, 6) is 1.13. The first-order valence-corrected chi connectivity index (χ1v) is 10.0. The molecule has 1 N–H and O–H groups in total. The van der Waals surface area contributed by atoms with Crippen LogP contribution in [0.3, 0.4) is 0 Å². The third-order valence-electron chi connectivity index (χ3n) is 4.55. The lowest BCUT2D eigenvalue weighted by Crippen LogP contribution is -2.10. The van der Waals surface area contributed by atoms with E-state index in [1.54, 1.807) is 48.3 Å². The standard InChI is InChI=1S/C23H19ClFN3O4/c1-30-18-3-2-4-19(10-18)31-14-20-7-8-22(32-20)23(29)27-17-11-26-28(13-17)12-15-5-6-16(25)9-21(15)24/h2-11,13H,12,14H2,1H3,(H,27,29). The van der Waals surface area contributed by atoms with E-state index >= 15 is 0 Å². The van der Waals surface area contributed by atoms with Gasteiger partial charge in [0.1, 0.15) is 29.7 Å².